The number of hydrogen-bond donors (Lipinski definition) is 0. The molecular formula is C20H13NO2. The first-order valence-corrected chi connectivity index (χ1v) is 7.36. The average molecular weight is 299 g/mol. The highest BCUT2D eigenvalue weighted by Gasteiger charge is 2.20. The Bertz CT molecular complexity index is 987. The number of rotatable bonds is 3. The van der Waals surface area contributed by atoms with Crippen LogP contribution in [0.25, 0.3) is 33.6 Å². The molecular weight excluding hydrogens is 286 g/mol. The zero-order valence-corrected chi connectivity index (χ0v) is 12.3. The van der Waals surface area contributed by atoms with Crippen LogP contribution in [0.4, 0.5) is 0 Å². The standard InChI is InChI=1S/C20H13NO2/c22-13-15-9-4-5-10-16(15)18-19-17(11-6-12-21-19)23-20(18)14-7-2-1-3-8-14/h1-13H. The van der Waals surface area contributed by atoms with Gasteiger partial charge in [0.05, 0.1) is 5.56 Å². The fourth-order valence-electron chi connectivity index (χ4n) is 2.80. The number of carbonyl (C=O) groups excluding carboxylic acids is 1. The number of furan rings is 1. The zero-order chi connectivity index (χ0) is 15.6. The quantitative estimate of drug-likeness (QED) is 0.501. The van der Waals surface area contributed by atoms with Crippen molar-refractivity contribution in [3.63, 3.8) is 0 Å². The first-order chi connectivity index (χ1) is 11.4. The van der Waals surface area contributed by atoms with Crippen molar-refractivity contribution in [3.8, 4) is 22.5 Å². The molecule has 0 fully saturated rings. The molecule has 0 amide bonds. The van der Waals surface area contributed by atoms with Crippen LogP contribution in [0.3, 0.4) is 0 Å². The van der Waals surface area contributed by atoms with E-state index in [1.54, 1.807) is 12.3 Å². The SMILES string of the molecule is O=Cc1ccccc1-c1c(-c2ccccc2)oc2cccnc12. The summed E-state index contributed by atoms with van der Waals surface area (Å²) in [6, 6.07) is 21.1. The molecule has 0 atom stereocenters. The van der Waals surface area contributed by atoms with Crippen molar-refractivity contribution in [3.05, 3.63) is 78.5 Å². The smallest absolute Gasteiger partial charge is 0.153 e. The van der Waals surface area contributed by atoms with Gasteiger partial charge in [0.1, 0.15) is 11.3 Å². The number of carbonyl (C=O) groups is 1. The Morgan fingerprint density at radius 2 is 1.65 bits per heavy atom. The van der Waals surface area contributed by atoms with Crippen molar-refractivity contribution < 1.29 is 9.21 Å². The van der Waals surface area contributed by atoms with Crippen LogP contribution in [-0.4, -0.2) is 11.3 Å². The lowest BCUT2D eigenvalue weighted by Gasteiger charge is -2.06. The van der Waals surface area contributed by atoms with Crippen molar-refractivity contribution in [2.75, 3.05) is 0 Å². The Hall–Kier alpha value is -3.20. The highest BCUT2D eigenvalue weighted by Crippen LogP contribution is 2.40. The number of nitrogens with zero attached hydrogens (tertiary/aromatic N) is 1. The van der Waals surface area contributed by atoms with Crippen LogP contribution in [0.5, 0.6) is 0 Å². The van der Waals surface area contributed by atoms with Gasteiger partial charge in [0.25, 0.3) is 0 Å². The van der Waals surface area contributed by atoms with Gasteiger partial charge in [-0.05, 0) is 17.7 Å². The van der Waals surface area contributed by atoms with Gasteiger partial charge in [0.15, 0.2) is 11.9 Å². The average Bonchev–Trinajstić information content (AvgIpc) is 3.02. The third-order valence-electron chi connectivity index (χ3n) is 3.84. The summed E-state index contributed by atoms with van der Waals surface area (Å²) in [5.41, 5.74) is 4.75. The summed E-state index contributed by atoms with van der Waals surface area (Å²) in [6.07, 6.45) is 2.60. The molecule has 3 heteroatoms. The van der Waals surface area contributed by atoms with Crippen LogP contribution in [0, 0.1) is 0 Å². The lowest BCUT2D eigenvalue weighted by molar-refractivity contribution is 0.112. The van der Waals surface area contributed by atoms with E-state index in [0.29, 0.717) is 11.1 Å². The molecule has 2 heterocycles. The van der Waals surface area contributed by atoms with Crippen molar-refractivity contribution in [2.45, 2.75) is 0 Å². The minimum Gasteiger partial charge on any atom is -0.454 e. The van der Waals surface area contributed by atoms with Crippen LogP contribution in [-0.2, 0) is 0 Å². The number of hydrogen-bond acceptors (Lipinski definition) is 3. The molecule has 0 radical (unpaired) electrons. The number of aromatic nitrogens is 1. The summed E-state index contributed by atoms with van der Waals surface area (Å²) < 4.78 is 6.06. The Kier molecular flexibility index (Phi) is 3.24. The van der Waals surface area contributed by atoms with E-state index in [1.807, 2.05) is 60.7 Å². The van der Waals surface area contributed by atoms with Gasteiger partial charge < -0.3 is 4.42 Å². The van der Waals surface area contributed by atoms with Gasteiger partial charge >= 0.3 is 0 Å². The molecule has 0 bridgehead atoms. The van der Waals surface area contributed by atoms with E-state index in [4.69, 9.17) is 4.42 Å². The summed E-state index contributed by atoms with van der Waals surface area (Å²) in [5, 5.41) is 0. The van der Waals surface area contributed by atoms with Gasteiger partial charge in [-0.3, -0.25) is 9.78 Å². The lowest BCUT2D eigenvalue weighted by Crippen LogP contribution is -1.89. The number of aldehydes is 1. The largest absolute Gasteiger partial charge is 0.454 e. The second kappa shape index (κ2) is 5.54. The predicted molar refractivity (Wildman–Crippen MR) is 90.3 cm³/mol. The van der Waals surface area contributed by atoms with E-state index >= 15 is 0 Å². The minimum atomic E-state index is 0.623. The maximum Gasteiger partial charge on any atom is 0.153 e. The van der Waals surface area contributed by atoms with Crippen molar-refractivity contribution in [1.29, 1.82) is 0 Å². The molecule has 0 saturated heterocycles. The van der Waals surface area contributed by atoms with Gasteiger partial charge in [-0.1, -0.05) is 54.6 Å². The Morgan fingerprint density at radius 3 is 2.48 bits per heavy atom. The second-order valence-electron chi connectivity index (χ2n) is 5.23. The molecule has 0 N–H and O–H groups in total. The van der Waals surface area contributed by atoms with Gasteiger partial charge in [-0.15, -0.1) is 0 Å². The zero-order valence-electron chi connectivity index (χ0n) is 12.3. The van der Waals surface area contributed by atoms with Crippen LogP contribution in [0.2, 0.25) is 0 Å². The Balaban J connectivity index is 2.10. The molecule has 0 aliphatic rings. The first-order valence-electron chi connectivity index (χ1n) is 7.36. The van der Waals surface area contributed by atoms with Gasteiger partial charge in [-0.2, -0.15) is 0 Å². The molecule has 110 valence electrons. The highest BCUT2D eigenvalue weighted by atomic mass is 16.3. The Labute approximate surface area is 133 Å². The summed E-state index contributed by atoms with van der Waals surface area (Å²) >= 11 is 0. The van der Waals surface area contributed by atoms with Gasteiger partial charge in [0.2, 0.25) is 0 Å². The summed E-state index contributed by atoms with van der Waals surface area (Å²) in [4.78, 5) is 15.9. The topological polar surface area (TPSA) is 43.1 Å². The molecule has 0 saturated carbocycles. The monoisotopic (exact) mass is 299 g/mol. The van der Waals surface area contributed by atoms with E-state index < -0.39 is 0 Å². The number of pyridine rings is 1. The van der Waals surface area contributed by atoms with Crippen molar-refractivity contribution in [2.24, 2.45) is 0 Å². The number of benzene rings is 2. The fraction of sp³-hybridized carbons (Fsp3) is 0. The second-order valence-corrected chi connectivity index (χ2v) is 5.23. The van der Waals surface area contributed by atoms with E-state index in [1.165, 1.54) is 0 Å². The van der Waals surface area contributed by atoms with Crippen molar-refractivity contribution in [1.82, 2.24) is 4.98 Å². The predicted octanol–water partition coefficient (Wildman–Crippen LogP) is 4.97. The maximum absolute atomic E-state index is 11.5. The van der Waals surface area contributed by atoms with Crippen LogP contribution >= 0.6 is 0 Å². The number of fused-ring (bicyclic) bond motifs is 1. The maximum atomic E-state index is 11.5. The summed E-state index contributed by atoms with van der Waals surface area (Å²) in [7, 11) is 0. The van der Waals surface area contributed by atoms with E-state index in [-0.39, 0.29) is 0 Å². The summed E-state index contributed by atoms with van der Waals surface area (Å²) in [6.45, 7) is 0. The Morgan fingerprint density at radius 1 is 0.870 bits per heavy atom. The van der Waals surface area contributed by atoms with E-state index in [0.717, 1.165) is 34.3 Å². The molecule has 23 heavy (non-hydrogen) atoms. The van der Waals surface area contributed by atoms with E-state index in [9.17, 15) is 4.79 Å². The molecule has 4 aromatic rings. The van der Waals surface area contributed by atoms with Gasteiger partial charge in [-0.25, -0.2) is 0 Å². The van der Waals surface area contributed by atoms with E-state index in [2.05, 4.69) is 4.98 Å². The van der Waals surface area contributed by atoms with Gasteiger partial charge in [0, 0.05) is 17.3 Å². The normalized spacial score (nSPS) is 10.8. The third-order valence-corrected chi connectivity index (χ3v) is 3.84. The molecule has 0 spiro atoms. The first kappa shape index (κ1) is 13.5. The third kappa shape index (κ3) is 2.23. The summed E-state index contributed by atoms with van der Waals surface area (Å²) in [5.74, 6) is 0.730. The highest BCUT2D eigenvalue weighted by molar-refractivity contribution is 6.03. The molecule has 2 aromatic carbocycles. The molecule has 0 unspecified atom stereocenters. The lowest BCUT2D eigenvalue weighted by atomic mass is 9.97. The molecule has 3 nitrogen and oxygen atoms in total. The van der Waals surface area contributed by atoms with Crippen LogP contribution in [0.15, 0.2) is 77.3 Å². The molecule has 2 aromatic heterocycles. The molecule has 0 aliphatic carbocycles. The molecule has 0 aliphatic heterocycles. The van der Waals surface area contributed by atoms with Crippen LogP contribution in [0.1, 0.15) is 10.4 Å². The molecule has 4 rings (SSSR count). The van der Waals surface area contributed by atoms with Crippen LogP contribution < -0.4 is 0 Å². The minimum absolute atomic E-state index is 0.623. The van der Waals surface area contributed by atoms with Crippen molar-refractivity contribution >= 4 is 17.4 Å². The fourth-order valence-corrected chi connectivity index (χ4v) is 2.80.